The number of carbonyl (C=O) groups excluding carboxylic acids is 1. The van der Waals surface area contributed by atoms with Gasteiger partial charge in [0.05, 0.1) is 18.0 Å². The Hall–Kier alpha value is -2.57. The highest BCUT2D eigenvalue weighted by Crippen LogP contribution is 2.13. The molecule has 0 aromatic carbocycles. The molecule has 1 atom stereocenters. The summed E-state index contributed by atoms with van der Waals surface area (Å²) in [5, 5.41) is 15.4. The maximum Gasteiger partial charge on any atom is 0.331 e. The first-order valence-corrected chi connectivity index (χ1v) is 5.12. The van der Waals surface area contributed by atoms with Gasteiger partial charge >= 0.3 is 5.97 Å². The van der Waals surface area contributed by atoms with E-state index in [0.717, 1.165) is 0 Å². The number of rotatable bonds is 4. The van der Waals surface area contributed by atoms with Crippen molar-refractivity contribution in [1.29, 1.82) is 0 Å². The van der Waals surface area contributed by atoms with Crippen LogP contribution in [-0.2, 0) is 11.8 Å². The van der Waals surface area contributed by atoms with Crippen LogP contribution in [-0.4, -0.2) is 26.8 Å². The van der Waals surface area contributed by atoms with Crippen LogP contribution in [0.4, 0.5) is 0 Å². The molecule has 2 rings (SSSR count). The van der Waals surface area contributed by atoms with Gasteiger partial charge in [0.1, 0.15) is 6.26 Å². The first-order valence-electron chi connectivity index (χ1n) is 5.12. The molecule has 2 N–H and O–H groups in total. The number of furan rings is 1. The van der Waals surface area contributed by atoms with Crippen LogP contribution in [0.5, 0.6) is 0 Å². The number of carbonyl (C=O) groups is 2. The van der Waals surface area contributed by atoms with Crippen LogP contribution in [0.25, 0.3) is 0 Å². The Kier molecular flexibility index (Phi) is 3.13. The Balaban J connectivity index is 2.17. The quantitative estimate of drug-likeness (QED) is 0.825. The molecule has 0 aliphatic heterocycles. The van der Waals surface area contributed by atoms with Crippen molar-refractivity contribution < 1.29 is 19.1 Å². The van der Waals surface area contributed by atoms with Crippen molar-refractivity contribution >= 4 is 11.9 Å². The number of aromatic nitrogens is 2. The van der Waals surface area contributed by atoms with Gasteiger partial charge in [-0.1, -0.05) is 0 Å². The lowest BCUT2D eigenvalue weighted by molar-refractivity contribution is -0.139. The molecule has 0 fully saturated rings. The molecule has 7 nitrogen and oxygen atoms in total. The number of carboxylic acids is 1. The van der Waals surface area contributed by atoms with Gasteiger partial charge in [-0.25, -0.2) is 4.79 Å². The van der Waals surface area contributed by atoms with Crippen LogP contribution in [0.3, 0.4) is 0 Å². The fourth-order valence-corrected chi connectivity index (χ4v) is 1.48. The van der Waals surface area contributed by atoms with Gasteiger partial charge in [-0.05, 0) is 6.07 Å². The molecule has 94 valence electrons. The Morgan fingerprint density at radius 1 is 1.56 bits per heavy atom. The van der Waals surface area contributed by atoms with E-state index in [-0.39, 0.29) is 5.56 Å². The van der Waals surface area contributed by atoms with Gasteiger partial charge in [-0.3, -0.25) is 9.48 Å². The van der Waals surface area contributed by atoms with Gasteiger partial charge in [-0.2, -0.15) is 5.10 Å². The lowest BCUT2D eigenvalue weighted by Crippen LogP contribution is -2.33. The SMILES string of the molecule is Cn1cc(C(NC(=O)c2ccoc2)C(=O)O)cn1. The van der Waals surface area contributed by atoms with Crippen molar-refractivity contribution in [2.45, 2.75) is 6.04 Å². The molecule has 0 aliphatic carbocycles. The average Bonchev–Trinajstić information content (AvgIpc) is 2.95. The van der Waals surface area contributed by atoms with Gasteiger partial charge in [0, 0.05) is 18.8 Å². The summed E-state index contributed by atoms with van der Waals surface area (Å²) in [7, 11) is 1.67. The van der Waals surface area contributed by atoms with Crippen LogP contribution < -0.4 is 5.32 Å². The van der Waals surface area contributed by atoms with Crippen molar-refractivity contribution in [2.24, 2.45) is 7.05 Å². The smallest absolute Gasteiger partial charge is 0.331 e. The third-order valence-corrected chi connectivity index (χ3v) is 2.36. The van der Waals surface area contributed by atoms with Gasteiger partial charge < -0.3 is 14.8 Å². The van der Waals surface area contributed by atoms with E-state index in [4.69, 9.17) is 9.52 Å². The monoisotopic (exact) mass is 249 g/mol. The van der Waals surface area contributed by atoms with Gasteiger partial charge in [0.25, 0.3) is 5.91 Å². The summed E-state index contributed by atoms with van der Waals surface area (Å²) in [6.45, 7) is 0. The lowest BCUT2D eigenvalue weighted by Gasteiger charge is -2.11. The van der Waals surface area contributed by atoms with Crippen molar-refractivity contribution in [2.75, 3.05) is 0 Å². The predicted molar refractivity (Wildman–Crippen MR) is 59.8 cm³/mol. The largest absolute Gasteiger partial charge is 0.479 e. The van der Waals surface area contributed by atoms with Crippen LogP contribution >= 0.6 is 0 Å². The molecule has 1 amide bonds. The minimum atomic E-state index is -1.15. The molecule has 0 saturated heterocycles. The van der Waals surface area contributed by atoms with E-state index in [0.29, 0.717) is 5.56 Å². The lowest BCUT2D eigenvalue weighted by atomic mass is 10.1. The summed E-state index contributed by atoms with van der Waals surface area (Å²) >= 11 is 0. The zero-order valence-corrected chi connectivity index (χ0v) is 9.53. The van der Waals surface area contributed by atoms with Crippen LogP contribution in [0.15, 0.2) is 35.4 Å². The molecule has 0 saturated carbocycles. The summed E-state index contributed by atoms with van der Waals surface area (Å²) in [4.78, 5) is 22.9. The molecule has 0 aliphatic rings. The highest BCUT2D eigenvalue weighted by molar-refractivity contribution is 5.96. The van der Waals surface area contributed by atoms with E-state index in [2.05, 4.69) is 10.4 Å². The van der Waals surface area contributed by atoms with Crippen molar-refractivity contribution in [3.8, 4) is 0 Å². The number of aliphatic carboxylic acids is 1. The normalized spacial score (nSPS) is 12.1. The number of nitrogens with zero attached hydrogens (tertiary/aromatic N) is 2. The standard InChI is InChI=1S/C11H11N3O4/c1-14-5-8(4-12-14)9(11(16)17)13-10(15)7-2-3-18-6-7/h2-6,9H,1H3,(H,13,15)(H,16,17). The highest BCUT2D eigenvalue weighted by atomic mass is 16.4. The fourth-order valence-electron chi connectivity index (χ4n) is 1.48. The molecule has 2 heterocycles. The summed E-state index contributed by atoms with van der Waals surface area (Å²) in [5.41, 5.74) is 0.673. The number of nitrogens with one attached hydrogen (secondary N) is 1. The van der Waals surface area contributed by atoms with Crippen molar-refractivity contribution in [3.63, 3.8) is 0 Å². The number of hydrogen-bond donors (Lipinski definition) is 2. The Bertz CT molecular complexity index is 559. The van der Waals surface area contributed by atoms with Crippen molar-refractivity contribution in [3.05, 3.63) is 42.1 Å². The molecule has 1 unspecified atom stereocenters. The third kappa shape index (κ3) is 2.40. The van der Waals surface area contributed by atoms with Crippen LogP contribution in [0.1, 0.15) is 22.0 Å². The Morgan fingerprint density at radius 3 is 2.83 bits per heavy atom. The zero-order chi connectivity index (χ0) is 13.1. The molecule has 7 heteroatoms. The Morgan fingerprint density at radius 2 is 2.33 bits per heavy atom. The van der Waals surface area contributed by atoms with Crippen LogP contribution in [0, 0.1) is 0 Å². The molecular formula is C11H11N3O4. The maximum absolute atomic E-state index is 11.7. The number of aryl methyl sites for hydroxylation is 1. The zero-order valence-electron chi connectivity index (χ0n) is 9.53. The highest BCUT2D eigenvalue weighted by Gasteiger charge is 2.24. The second-order valence-electron chi connectivity index (χ2n) is 3.70. The van der Waals surface area contributed by atoms with E-state index < -0.39 is 17.9 Å². The van der Waals surface area contributed by atoms with E-state index in [1.807, 2.05) is 0 Å². The fraction of sp³-hybridized carbons (Fsp3) is 0.182. The second kappa shape index (κ2) is 4.74. The minimum Gasteiger partial charge on any atom is -0.479 e. The first kappa shape index (κ1) is 11.9. The summed E-state index contributed by atoms with van der Waals surface area (Å²) in [6, 6.07) is 0.318. The molecule has 0 radical (unpaired) electrons. The number of hydrogen-bond acceptors (Lipinski definition) is 4. The third-order valence-electron chi connectivity index (χ3n) is 2.36. The van der Waals surface area contributed by atoms with E-state index in [1.165, 1.54) is 35.7 Å². The topological polar surface area (TPSA) is 97.4 Å². The van der Waals surface area contributed by atoms with Gasteiger partial charge in [0.2, 0.25) is 0 Å². The van der Waals surface area contributed by atoms with Gasteiger partial charge in [-0.15, -0.1) is 0 Å². The molecule has 18 heavy (non-hydrogen) atoms. The van der Waals surface area contributed by atoms with E-state index in [9.17, 15) is 9.59 Å². The molecular weight excluding hydrogens is 238 g/mol. The summed E-state index contributed by atoms with van der Waals surface area (Å²) in [6.07, 6.45) is 5.52. The average molecular weight is 249 g/mol. The first-order chi connectivity index (χ1) is 8.58. The van der Waals surface area contributed by atoms with E-state index >= 15 is 0 Å². The van der Waals surface area contributed by atoms with E-state index in [1.54, 1.807) is 7.05 Å². The Labute approximate surface area is 102 Å². The van der Waals surface area contributed by atoms with Crippen molar-refractivity contribution in [1.82, 2.24) is 15.1 Å². The molecule has 0 bridgehead atoms. The summed E-state index contributed by atoms with van der Waals surface area (Å²) in [5.74, 6) is -1.67. The number of carboxylic acid groups (broad SMARTS) is 1. The van der Waals surface area contributed by atoms with Gasteiger partial charge in [0.15, 0.2) is 6.04 Å². The molecule has 2 aromatic heterocycles. The van der Waals surface area contributed by atoms with Crippen LogP contribution in [0.2, 0.25) is 0 Å². The second-order valence-corrected chi connectivity index (χ2v) is 3.70. The molecule has 0 spiro atoms. The predicted octanol–water partition coefficient (Wildman–Crippen LogP) is 0.569. The minimum absolute atomic E-state index is 0.269. The summed E-state index contributed by atoms with van der Waals surface area (Å²) < 4.78 is 6.23. The number of amides is 1. The molecule has 2 aromatic rings. The maximum atomic E-state index is 11.7.